The van der Waals surface area contributed by atoms with Gasteiger partial charge in [-0.15, -0.1) is 0 Å². The third-order valence-corrected chi connectivity index (χ3v) is 6.17. The van der Waals surface area contributed by atoms with Gasteiger partial charge in [0.15, 0.2) is 0 Å². The molecule has 2 aromatic heterocycles. The van der Waals surface area contributed by atoms with Crippen molar-refractivity contribution >= 4 is 17.3 Å². The van der Waals surface area contributed by atoms with Gasteiger partial charge in [-0.25, -0.2) is 0 Å². The van der Waals surface area contributed by atoms with Crippen LogP contribution in [-0.4, -0.2) is 56.9 Å². The largest absolute Gasteiger partial charge is 0.371 e. The molecule has 1 fully saturated rings. The SMILES string of the molecule is Cc1noc(C)c1CN1CCN(C(=O)c2ccc(NC(C)c3ccccn3)c([N+](=O)[O-])c2)CC1. The van der Waals surface area contributed by atoms with E-state index in [0.717, 1.165) is 29.3 Å². The van der Waals surface area contributed by atoms with Crippen molar-refractivity contribution in [3.05, 3.63) is 81.0 Å². The zero-order valence-electron chi connectivity index (χ0n) is 19.5. The Morgan fingerprint density at radius 1 is 1.21 bits per heavy atom. The standard InChI is InChI=1S/C24H28N6O4/c1-16-20(18(3)34-27-16)15-28-10-12-29(13-11-28)24(31)19-7-8-22(23(14-19)30(32)33)26-17(2)21-6-4-5-9-25-21/h4-9,14,17,26H,10-13,15H2,1-3H3. The molecule has 10 nitrogen and oxygen atoms in total. The monoisotopic (exact) mass is 464 g/mol. The first-order valence-corrected chi connectivity index (χ1v) is 11.2. The summed E-state index contributed by atoms with van der Waals surface area (Å²) in [6.45, 7) is 8.94. The van der Waals surface area contributed by atoms with Crippen molar-refractivity contribution in [3.63, 3.8) is 0 Å². The minimum absolute atomic E-state index is 0.134. The molecule has 1 saturated heterocycles. The van der Waals surface area contributed by atoms with Crippen molar-refractivity contribution in [1.29, 1.82) is 0 Å². The van der Waals surface area contributed by atoms with E-state index in [1.54, 1.807) is 23.2 Å². The van der Waals surface area contributed by atoms with Crippen LogP contribution in [0.1, 0.15) is 46.0 Å². The van der Waals surface area contributed by atoms with Crippen molar-refractivity contribution in [2.24, 2.45) is 0 Å². The van der Waals surface area contributed by atoms with E-state index in [0.29, 0.717) is 37.4 Å². The number of nitro benzene ring substituents is 1. The molecule has 0 saturated carbocycles. The molecule has 1 amide bonds. The number of carbonyl (C=O) groups excluding carboxylic acids is 1. The lowest BCUT2D eigenvalue weighted by Crippen LogP contribution is -2.48. The highest BCUT2D eigenvalue weighted by Crippen LogP contribution is 2.29. The van der Waals surface area contributed by atoms with E-state index in [2.05, 4.69) is 20.4 Å². The molecule has 0 bridgehead atoms. The van der Waals surface area contributed by atoms with Crippen molar-refractivity contribution in [2.75, 3.05) is 31.5 Å². The van der Waals surface area contributed by atoms with Gasteiger partial charge in [-0.1, -0.05) is 11.2 Å². The van der Waals surface area contributed by atoms with Crippen LogP contribution in [0.15, 0.2) is 47.1 Å². The predicted octanol–water partition coefficient (Wildman–Crippen LogP) is 3.73. The number of nitrogens with zero attached hydrogens (tertiary/aromatic N) is 5. The molecule has 0 aliphatic carbocycles. The van der Waals surface area contributed by atoms with Gasteiger partial charge in [-0.05, 0) is 45.0 Å². The summed E-state index contributed by atoms with van der Waals surface area (Å²) in [5.74, 6) is 0.610. The third kappa shape index (κ3) is 5.07. The Kier molecular flexibility index (Phi) is 6.87. The van der Waals surface area contributed by atoms with Crippen LogP contribution in [0.25, 0.3) is 0 Å². The van der Waals surface area contributed by atoms with Crippen LogP contribution in [0, 0.1) is 24.0 Å². The van der Waals surface area contributed by atoms with Crippen molar-refractivity contribution < 1.29 is 14.2 Å². The second-order valence-corrected chi connectivity index (χ2v) is 8.48. The second kappa shape index (κ2) is 10.0. The molecule has 3 heterocycles. The van der Waals surface area contributed by atoms with Gasteiger partial charge in [0.2, 0.25) is 0 Å². The Labute approximate surface area is 197 Å². The first kappa shape index (κ1) is 23.4. The van der Waals surface area contributed by atoms with Crippen molar-refractivity contribution in [3.8, 4) is 0 Å². The number of anilines is 1. The Morgan fingerprint density at radius 3 is 2.59 bits per heavy atom. The average Bonchev–Trinajstić information content (AvgIpc) is 3.16. The molecule has 1 aliphatic rings. The van der Waals surface area contributed by atoms with Gasteiger partial charge in [0.25, 0.3) is 11.6 Å². The normalized spacial score (nSPS) is 15.2. The number of rotatable bonds is 7. The molecular weight excluding hydrogens is 436 g/mol. The van der Waals surface area contributed by atoms with Crippen LogP contribution in [0.4, 0.5) is 11.4 Å². The number of hydrogen-bond acceptors (Lipinski definition) is 8. The summed E-state index contributed by atoms with van der Waals surface area (Å²) in [6.07, 6.45) is 1.68. The molecule has 10 heteroatoms. The maximum Gasteiger partial charge on any atom is 0.293 e. The van der Waals surface area contributed by atoms with E-state index in [9.17, 15) is 14.9 Å². The van der Waals surface area contributed by atoms with Gasteiger partial charge in [0.05, 0.1) is 22.4 Å². The van der Waals surface area contributed by atoms with Crippen molar-refractivity contribution in [1.82, 2.24) is 19.9 Å². The Bertz CT molecular complexity index is 1150. The number of aryl methyl sites for hydroxylation is 2. The Balaban J connectivity index is 1.42. The topological polar surface area (TPSA) is 118 Å². The number of amides is 1. The molecule has 1 aliphatic heterocycles. The summed E-state index contributed by atoms with van der Waals surface area (Å²) in [6, 6.07) is 9.89. The quantitative estimate of drug-likeness (QED) is 0.415. The lowest BCUT2D eigenvalue weighted by atomic mass is 10.1. The molecule has 0 radical (unpaired) electrons. The number of piperazine rings is 1. The number of hydrogen-bond donors (Lipinski definition) is 1. The lowest BCUT2D eigenvalue weighted by molar-refractivity contribution is -0.384. The zero-order chi connectivity index (χ0) is 24.2. The number of benzene rings is 1. The lowest BCUT2D eigenvalue weighted by Gasteiger charge is -2.34. The summed E-state index contributed by atoms with van der Waals surface area (Å²) in [4.78, 5) is 32.7. The predicted molar refractivity (Wildman–Crippen MR) is 127 cm³/mol. The molecule has 1 atom stereocenters. The van der Waals surface area contributed by atoms with Crippen LogP contribution >= 0.6 is 0 Å². The molecule has 0 spiro atoms. The summed E-state index contributed by atoms with van der Waals surface area (Å²) >= 11 is 0. The van der Waals surface area contributed by atoms with Crippen LogP contribution < -0.4 is 5.32 Å². The molecule has 34 heavy (non-hydrogen) atoms. The van der Waals surface area contributed by atoms with Crippen molar-refractivity contribution in [2.45, 2.75) is 33.4 Å². The molecular formula is C24H28N6O4. The maximum absolute atomic E-state index is 13.1. The average molecular weight is 465 g/mol. The van der Waals surface area contributed by atoms with Gasteiger partial charge in [0, 0.05) is 56.1 Å². The number of pyridine rings is 1. The molecule has 3 aromatic rings. The van der Waals surface area contributed by atoms with Gasteiger partial charge >= 0.3 is 0 Å². The van der Waals surface area contributed by atoms with Crippen LogP contribution in [-0.2, 0) is 6.54 Å². The second-order valence-electron chi connectivity index (χ2n) is 8.48. The smallest absolute Gasteiger partial charge is 0.293 e. The highest BCUT2D eigenvalue weighted by molar-refractivity contribution is 5.95. The zero-order valence-corrected chi connectivity index (χ0v) is 19.5. The molecule has 178 valence electrons. The molecule has 1 aromatic carbocycles. The number of aromatic nitrogens is 2. The Morgan fingerprint density at radius 2 is 1.97 bits per heavy atom. The van der Waals surface area contributed by atoms with E-state index in [4.69, 9.17) is 4.52 Å². The maximum atomic E-state index is 13.1. The molecule has 1 N–H and O–H groups in total. The van der Waals surface area contributed by atoms with Crippen LogP contribution in [0.5, 0.6) is 0 Å². The minimum atomic E-state index is -0.466. The highest BCUT2D eigenvalue weighted by atomic mass is 16.6. The fourth-order valence-electron chi connectivity index (χ4n) is 4.12. The number of carbonyl (C=O) groups is 1. The summed E-state index contributed by atoms with van der Waals surface area (Å²) < 4.78 is 5.24. The summed E-state index contributed by atoms with van der Waals surface area (Å²) in [5, 5.41) is 18.9. The van der Waals surface area contributed by atoms with E-state index < -0.39 is 4.92 Å². The van der Waals surface area contributed by atoms with Gasteiger partial charge in [-0.2, -0.15) is 0 Å². The van der Waals surface area contributed by atoms with Crippen LogP contribution in [0.2, 0.25) is 0 Å². The third-order valence-electron chi connectivity index (χ3n) is 6.17. The molecule has 1 unspecified atom stereocenters. The number of nitro groups is 1. The molecule has 4 rings (SSSR count). The summed E-state index contributed by atoms with van der Waals surface area (Å²) in [5.41, 5.74) is 3.26. The Hall–Kier alpha value is -3.79. The number of nitrogens with one attached hydrogen (secondary N) is 1. The van der Waals surface area contributed by atoms with Crippen LogP contribution in [0.3, 0.4) is 0 Å². The first-order valence-electron chi connectivity index (χ1n) is 11.2. The minimum Gasteiger partial charge on any atom is -0.371 e. The fourth-order valence-corrected chi connectivity index (χ4v) is 4.12. The van der Waals surface area contributed by atoms with Gasteiger partial charge in [-0.3, -0.25) is 24.8 Å². The van der Waals surface area contributed by atoms with Gasteiger partial charge in [0.1, 0.15) is 11.4 Å². The van der Waals surface area contributed by atoms with E-state index in [1.807, 2.05) is 39.0 Å². The van der Waals surface area contributed by atoms with E-state index in [-0.39, 0.29) is 17.6 Å². The first-order chi connectivity index (χ1) is 16.3. The van der Waals surface area contributed by atoms with E-state index >= 15 is 0 Å². The fraction of sp³-hybridized carbons (Fsp3) is 0.375. The van der Waals surface area contributed by atoms with Gasteiger partial charge < -0.3 is 14.7 Å². The highest BCUT2D eigenvalue weighted by Gasteiger charge is 2.26. The summed E-state index contributed by atoms with van der Waals surface area (Å²) in [7, 11) is 0. The van der Waals surface area contributed by atoms with E-state index in [1.165, 1.54) is 6.07 Å².